The largest absolute Gasteiger partial charge is 0.271 e. The first-order valence-electron chi connectivity index (χ1n) is 5.36. The number of nitro groups is 1. The van der Waals surface area contributed by atoms with Gasteiger partial charge in [-0.1, -0.05) is 6.92 Å². The zero-order valence-electron chi connectivity index (χ0n) is 9.29. The first-order chi connectivity index (χ1) is 8.11. The van der Waals surface area contributed by atoms with E-state index < -0.39 is 10.8 Å². The van der Waals surface area contributed by atoms with E-state index in [0.29, 0.717) is 18.0 Å². The zero-order valence-corrected chi connectivity index (χ0v) is 9.29. The lowest BCUT2D eigenvalue weighted by Gasteiger charge is -2.17. The number of hydrogen-bond acceptors (Lipinski definition) is 4. The molecule has 17 heavy (non-hydrogen) atoms. The summed E-state index contributed by atoms with van der Waals surface area (Å²) in [4.78, 5) is 29.9. The number of nitrogens with zero attached hydrogens (tertiary/aromatic N) is 3. The number of aliphatic imine (C=N–C) groups is 2. The van der Waals surface area contributed by atoms with Crippen molar-refractivity contribution in [3.05, 3.63) is 34.0 Å². The summed E-state index contributed by atoms with van der Waals surface area (Å²) < 4.78 is 0. The summed E-state index contributed by atoms with van der Waals surface area (Å²) in [6.45, 7) is 1.97. The van der Waals surface area contributed by atoms with Crippen LogP contribution in [0.25, 0.3) is 0 Å². The molecule has 1 amide bonds. The van der Waals surface area contributed by atoms with Crippen LogP contribution in [0, 0.1) is 16.0 Å². The van der Waals surface area contributed by atoms with Gasteiger partial charge in [-0.25, -0.2) is 4.99 Å². The normalized spacial score (nSPS) is 22.5. The smallest absolute Gasteiger partial charge is 0.266 e. The molecule has 0 aromatic carbocycles. The first-order valence-corrected chi connectivity index (χ1v) is 5.36. The van der Waals surface area contributed by atoms with Crippen LogP contribution in [-0.2, 0) is 4.79 Å². The molecule has 0 spiro atoms. The summed E-state index contributed by atoms with van der Waals surface area (Å²) >= 11 is 0. The second-order valence-corrected chi connectivity index (χ2v) is 3.81. The molecule has 1 heterocycles. The number of rotatable bonds is 3. The summed E-state index contributed by atoms with van der Waals surface area (Å²) in [5.41, 5.74) is 0.454. The fourth-order valence-electron chi connectivity index (χ4n) is 1.72. The summed E-state index contributed by atoms with van der Waals surface area (Å²) in [7, 11) is 0. The van der Waals surface area contributed by atoms with Gasteiger partial charge in [-0.15, -0.1) is 0 Å². The lowest BCUT2D eigenvalue weighted by Crippen LogP contribution is -2.28. The summed E-state index contributed by atoms with van der Waals surface area (Å²) in [5, 5.41) is 10.6. The quantitative estimate of drug-likeness (QED) is 0.547. The van der Waals surface area contributed by atoms with Crippen LogP contribution >= 0.6 is 0 Å². The number of fused-ring (bicyclic) bond motifs is 1. The lowest BCUT2D eigenvalue weighted by atomic mass is 9.95. The highest BCUT2D eigenvalue weighted by atomic mass is 16.6. The van der Waals surface area contributed by atoms with Gasteiger partial charge >= 0.3 is 0 Å². The minimum absolute atomic E-state index is 0.0866. The van der Waals surface area contributed by atoms with E-state index in [1.54, 1.807) is 0 Å². The van der Waals surface area contributed by atoms with Gasteiger partial charge in [0.15, 0.2) is 0 Å². The maximum absolute atomic E-state index is 11.7. The average molecular weight is 233 g/mol. The van der Waals surface area contributed by atoms with Crippen molar-refractivity contribution >= 4 is 17.5 Å². The van der Waals surface area contributed by atoms with Gasteiger partial charge < -0.3 is 0 Å². The molecule has 0 aromatic rings. The molecular weight excluding hydrogens is 222 g/mol. The van der Waals surface area contributed by atoms with E-state index in [2.05, 4.69) is 9.98 Å². The SMILES string of the molecule is CCCC1=NC(=O)C2C=C([N+](=O)[O-])C=CC2=N1. The van der Waals surface area contributed by atoms with Crippen molar-refractivity contribution in [2.75, 3.05) is 0 Å². The third-order valence-corrected chi connectivity index (χ3v) is 2.53. The van der Waals surface area contributed by atoms with E-state index >= 15 is 0 Å². The molecule has 2 rings (SSSR count). The highest BCUT2D eigenvalue weighted by Crippen LogP contribution is 2.21. The minimum Gasteiger partial charge on any atom is -0.271 e. The van der Waals surface area contributed by atoms with E-state index in [-0.39, 0.29) is 11.6 Å². The van der Waals surface area contributed by atoms with Crippen LogP contribution in [0.15, 0.2) is 33.9 Å². The van der Waals surface area contributed by atoms with E-state index in [4.69, 9.17) is 0 Å². The number of carbonyl (C=O) groups is 1. The zero-order chi connectivity index (χ0) is 12.4. The van der Waals surface area contributed by atoms with Gasteiger partial charge in [0.05, 0.1) is 10.6 Å². The predicted molar refractivity (Wildman–Crippen MR) is 62.5 cm³/mol. The highest BCUT2D eigenvalue weighted by molar-refractivity contribution is 6.21. The molecule has 1 unspecified atom stereocenters. The third kappa shape index (κ3) is 2.20. The van der Waals surface area contributed by atoms with Crippen molar-refractivity contribution in [3.63, 3.8) is 0 Å². The predicted octanol–water partition coefficient (Wildman–Crippen LogP) is 1.51. The second kappa shape index (κ2) is 4.40. The number of hydrogen-bond donors (Lipinski definition) is 0. The van der Waals surface area contributed by atoms with Crippen molar-refractivity contribution in [1.82, 2.24) is 0 Å². The molecule has 0 N–H and O–H groups in total. The maximum atomic E-state index is 11.7. The Morgan fingerprint density at radius 1 is 1.41 bits per heavy atom. The van der Waals surface area contributed by atoms with Crippen molar-refractivity contribution in [1.29, 1.82) is 0 Å². The molecule has 0 saturated carbocycles. The Hall–Kier alpha value is -2.11. The van der Waals surface area contributed by atoms with Crippen molar-refractivity contribution < 1.29 is 9.72 Å². The standard InChI is InChI=1S/C11H11N3O3/c1-2-3-10-12-9-5-4-7(14(16)17)6-8(9)11(15)13-10/h4-6,8H,2-3H2,1H3. The summed E-state index contributed by atoms with van der Waals surface area (Å²) in [6, 6.07) is 0. The molecule has 88 valence electrons. The summed E-state index contributed by atoms with van der Waals surface area (Å²) in [5.74, 6) is -0.561. The van der Waals surface area contributed by atoms with Crippen LogP contribution in [0.2, 0.25) is 0 Å². The molecule has 0 fully saturated rings. The molecule has 0 bridgehead atoms. The Balaban J connectivity index is 2.30. The van der Waals surface area contributed by atoms with Crippen LogP contribution in [0.3, 0.4) is 0 Å². The molecule has 2 aliphatic rings. The number of amides is 1. The van der Waals surface area contributed by atoms with Gasteiger partial charge in [-0.2, -0.15) is 4.99 Å². The Labute approximate surface area is 97.6 Å². The van der Waals surface area contributed by atoms with Gasteiger partial charge in [0.2, 0.25) is 0 Å². The fraction of sp³-hybridized carbons (Fsp3) is 0.364. The first kappa shape index (κ1) is 11.4. The van der Waals surface area contributed by atoms with Crippen LogP contribution in [0.1, 0.15) is 19.8 Å². The molecule has 1 aliphatic heterocycles. The Bertz CT molecular complexity index is 500. The molecule has 0 radical (unpaired) electrons. The molecular formula is C11H11N3O3. The average Bonchev–Trinajstić information content (AvgIpc) is 2.29. The van der Waals surface area contributed by atoms with Gasteiger partial charge in [-0.05, 0) is 12.5 Å². The Kier molecular flexibility index (Phi) is 2.95. The maximum Gasteiger partial charge on any atom is 0.266 e. The molecule has 6 nitrogen and oxygen atoms in total. The molecule has 0 saturated heterocycles. The van der Waals surface area contributed by atoms with E-state index in [1.165, 1.54) is 18.2 Å². The van der Waals surface area contributed by atoms with Crippen molar-refractivity contribution in [2.24, 2.45) is 15.9 Å². The van der Waals surface area contributed by atoms with Crippen molar-refractivity contribution in [2.45, 2.75) is 19.8 Å². The molecule has 0 aromatic heterocycles. The van der Waals surface area contributed by atoms with E-state index in [9.17, 15) is 14.9 Å². The molecule has 6 heteroatoms. The highest BCUT2D eigenvalue weighted by Gasteiger charge is 2.30. The summed E-state index contributed by atoms with van der Waals surface area (Å²) in [6.07, 6.45) is 5.67. The number of amidine groups is 1. The lowest BCUT2D eigenvalue weighted by molar-refractivity contribution is -0.419. The van der Waals surface area contributed by atoms with Gasteiger partial charge in [0.25, 0.3) is 11.6 Å². The van der Waals surface area contributed by atoms with E-state index in [0.717, 1.165) is 6.42 Å². The number of allylic oxidation sites excluding steroid dienone is 2. The van der Waals surface area contributed by atoms with E-state index in [1.807, 2.05) is 6.92 Å². The molecule has 1 aliphatic carbocycles. The van der Waals surface area contributed by atoms with Gasteiger partial charge in [0, 0.05) is 18.6 Å². The van der Waals surface area contributed by atoms with Crippen molar-refractivity contribution in [3.8, 4) is 0 Å². The minimum atomic E-state index is -0.694. The Morgan fingerprint density at radius 3 is 2.82 bits per heavy atom. The fourth-order valence-corrected chi connectivity index (χ4v) is 1.72. The van der Waals surface area contributed by atoms with Crippen LogP contribution in [0.5, 0.6) is 0 Å². The van der Waals surface area contributed by atoms with Gasteiger partial charge in [0.1, 0.15) is 11.8 Å². The number of carbonyl (C=O) groups excluding carboxylic acids is 1. The van der Waals surface area contributed by atoms with Crippen LogP contribution < -0.4 is 0 Å². The van der Waals surface area contributed by atoms with Crippen LogP contribution in [0.4, 0.5) is 0 Å². The monoisotopic (exact) mass is 233 g/mol. The Morgan fingerprint density at radius 2 is 2.18 bits per heavy atom. The second-order valence-electron chi connectivity index (χ2n) is 3.81. The van der Waals surface area contributed by atoms with Crippen LogP contribution in [-0.4, -0.2) is 22.4 Å². The molecule has 1 atom stereocenters. The topological polar surface area (TPSA) is 84.9 Å². The van der Waals surface area contributed by atoms with Gasteiger partial charge in [-0.3, -0.25) is 14.9 Å². The third-order valence-electron chi connectivity index (χ3n) is 2.53.